The number of halogens is 1. The van der Waals surface area contributed by atoms with Crippen molar-refractivity contribution < 1.29 is 23.5 Å². The van der Waals surface area contributed by atoms with Gasteiger partial charge in [0.25, 0.3) is 0 Å². The third-order valence-electron chi connectivity index (χ3n) is 7.46. The Kier molecular flexibility index (Phi) is 6.66. The summed E-state index contributed by atoms with van der Waals surface area (Å²) in [6, 6.07) is 9.79. The maximum absolute atomic E-state index is 13.6. The second kappa shape index (κ2) is 9.72. The zero-order chi connectivity index (χ0) is 24.6. The van der Waals surface area contributed by atoms with Crippen molar-refractivity contribution in [3.8, 4) is 11.5 Å². The number of ether oxygens (including phenoxy) is 2. The molecule has 2 aliphatic heterocycles. The fraction of sp³-hybridized carbons (Fsp3) is 0.481. The molecule has 2 amide bonds. The number of rotatable bonds is 5. The lowest BCUT2D eigenvalue weighted by atomic mass is 9.71. The highest BCUT2D eigenvalue weighted by atomic mass is 32.2. The van der Waals surface area contributed by atoms with Crippen LogP contribution in [0.25, 0.3) is 0 Å². The highest BCUT2D eigenvalue weighted by Gasteiger charge is 2.47. The van der Waals surface area contributed by atoms with Crippen molar-refractivity contribution in [3.63, 3.8) is 0 Å². The van der Waals surface area contributed by atoms with Crippen molar-refractivity contribution >= 4 is 29.3 Å². The van der Waals surface area contributed by atoms with Crippen LogP contribution in [0.2, 0.25) is 0 Å². The molecular weight excluding hydrogens is 467 g/mol. The number of hydrogen-bond acceptors (Lipinski definition) is 5. The highest BCUT2D eigenvalue weighted by Crippen LogP contribution is 2.52. The van der Waals surface area contributed by atoms with E-state index < -0.39 is 0 Å². The molecule has 1 aliphatic carbocycles. The van der Waals surface area contributed by atoms with E-state index in [-0.39, 0.29) is 40.1 Å². The van der Waals surface area contributed by atoms with Crippen molar-refractivity contribution in [3.05, 3.63) is 53.3 Å². The quantitative estimate of drug-likeness (QED) is 0.623. The Balaban J connectivity index is 1.30. The molecule has 8 heteroatoms. The van der Waals surface area contributed by atoms with Crippen LogP contribution in [0.5, 0.6) is 11.5 Å². The second-order valence-corrected chi connectivity index (χ2v) is 11.1. The number of hydrogen-bond donors (Lipinski definition) is 1. The minimum Gasteiger partial charge on any atom is -0.486 e. The van der Waals surface area contributed by atoms with Gasteiger partial charge in [0.2, 0.25) is 11.8 Å². The second-order valence-electron chi connectivity index (χ2n) is 9.72. The Bertz CT molecular complexity index is 1120. The topological polar surface area (TPSA) is 67.9 Å². The van der Waals surface area contributed by atoms with Crippen LogP contribution in [0.4, 0.5) is 10.1 Å². The third-order valence-corrected chi connectivity index (χ3v) is 8.59. The number of carbonyl (C=O) groups is 2. The number of thioether (sulfide) groups is 1. The Labute approximate surface area is 209 Å². The van der Waals surface area contributed by atoms with Crippen LogP contribution in [-0.2, 0) is 15.0 Å². The lowest BCUT2D eigenvalue weighted by molar-refractivity contribution is -0.134. The predicted octanol–water partition coefficient (Wildman–Crippen LogP) is 5.07. The first-order chi connectivity index (χ1) is 16.9. The fourth-order valence-electron chi connectivity index (χ4n) is 5.61. The van der Waals surface area contributed by atoms with Gasteiger partial charge in [-0.05, 0) is 74.2 Å². The molecule has 1 fully saturated rings. The smallest absolute Gasteiger partial charge is 0.235 e. The van der Waals surface area contributed by atoms with Gasteiger partial charge in [0.05, 0.1) is 17.0 Å². The molecular formula is C27H31FN2O4S. The van der Waals surface area contributed by atoms with E-state index >= 15 is 0 Å². The summed E-state index contributed by atoms with van der Waals surface area (Å²) in [5.41, 5.74) is 2.92. The molecule has 6 nitrogen and oxygen atoms in total. The maximum Gasteiger partial charge on any atom is 0.235 e. The zero-order valence-corrected chi connectivity index (χ0v) is 21.0. The zero-order valence-electron chi connectivity index (χ0n) is 20.1. The largest absolute Gasteiger partial charge is 0.486 e. The van der Waals surface area contributed by atoms with Crippen LogP contribution in [0.15, 0.2) is 36.4 Å². The fourth-order valence-corrected chi connectivity index (χ4v) is 6.36. The number of nitrogens with one attached hydrogen (secondary N) is 1. The summed E-state index contributed by atoms with van der Waals surface area (Å²) in [7, 11) is 0. The maximum atomic E-state index is 13.6. The minimum atomic E-state index is -0.367. The normalized spacial score (nSPS) is 20.9. The van der Waals surface area contributed by atoms with Gasteiger partial charge >= 0.3 is 0 Å². The first-order valence-corrected chi connectivity index (χ1v) is 13.3. The number of nitrogens with zero attached hydrogens (tertiary/aromatic N) is 1. The monoisotopic (exact) mass is 498 g/mol. The molecule has 1 saturated carbocycles. The lowest BCUT2D eigenvalue weighted by Crippen LogP contribution is -2.50. The van der Waals surface area contributed by atoms with Crippen LogP contribution in [-0.4, -0.2) is 47.5 Å². The number of amides is 2. The molecule has 3 aliphatic rings. The molecule has 0 bridgehead atoms. The van der Waals surface area contributed by atoms with Crippen molar-refractivity contribution in [1.82, 2.24) is 4.90 Å². The van der Waals surface area contributed by atoms with Crippen molar-refractivity contribution in [2.75, 3.05) is 30.8 Å². The van der Waals surface area contributed by atoms with Crippen LogP contribution >= 0.6 is 11.8 Å². The van der Waals surface area contributed by atoms with E-state index in [9.17, 15) is 14.0 Å². The SMILES string of the molecule is CC(SCC(=O)Nc1ccc(F)cc1)C(=O)N1CC2(CCCC2)c2cc3c(cc2C1C)OCCO3. The highest BCUT2D eigenvalue weighted by molar-refractivity contribution is 8.01. The van der Waals surface area contributed by atoms with Crippen LogP contribution in [0, 0.1) is 5.82 Å². The van der Waals surface area contributed by atoms with Gasteiger partial charge in [-0.15, -0.1) is 11.8 Å². The molecule has 2 atom stereocenters. The molecule has 2 heterocycles. The summed E-state index contributed by atoms with van der Waals surface area (Å²) in [4.78, 5) is 28.0. The number of anilines is 1. The summed E-state index contributed by atoms with van der Waals surface area (Å²) >= 11 is 1.32. The lowest BCUT2D eigenvalue weighted by Gasteiger charge is -2.47. The molecule has 0 saturated heterocycles. The van der Waals surface area contributed by atoms with Crippen molar-refractivity contribution in [2.45, 2.75) is 56.2 Å². The van der Waals surface area contributed by atoms with Gasteiger partial charge in [-0.3, -0.25) is 9.59 Å². The van der Waals surface area contributed by atoms with Gasteiger partial charge in [-0.1, -0.05) is 12.8 Å². The van der Waals surface area contributed by atoms with Crippen molar-refractivity contribution in [1.29, 1.82) is 0 Å². The van der Waals surface area contributed by atoms with Gasteiger partial charge < -0.3 is 19.7 Å². The van der Waals surface area contributed by atoms with Gasteiger partial charge in [0.15, 0.2) is 11.5 Å². The van der Waals surface area contributed by atoms with E-state index in [1.165, 1.54) is 41.6 Å². The minimum absolute atomic E-state index is 0.0453. The van der Waals surface area contributed by atoms with E-state index in [1.54, 1.807) is 0 Å². The Morgan fingerprint density at radius 3 is 2.49 bits per heavy atom. The van der Waals surface area contributed by atoms with Gasteiger partial charge in [-0.2, -0.15) is 0 Å². The van der Waals surface area contributed by atoms with Crippen LogP contribution in [0.1, 0.15) is 56.7 Å². The Morgan fingerprint density at radius 2 is 1.80 bits per heavy atom. The van der Waals surface area contributed by atoms with E-state index in [4.69, 9.17) is 9.47 Å². The predicted molar refractivity (Wildman–Crippen MR) is 135 cm³/mol. The van der Waals surface area contributed by atoms with E-state index in [2.05, 4.69) is 24.4 Å². The molecule has 1 spiro atoms. The summed E-state index contributed by atoms with van der Waals surface area (Å²) in [6.45, 7) is 5.72. The van der Waals surface area contributed by atoms with Gasteiger partial charge in [0, 0.05) is 17.6 Å². The van der Waals surface area contributed by atoms with E-state index in [0.29, 0.717) is 25.4 Å². The van der Waals surface area contributed by atoms with Crippen LogP contribution in [0.3, 0.4) is 0 Å². The summed E-state index contributed by atoms with van der Waals surface area (Å²) in [5.74, 6) is 1.19. The number of carbonyl (C=O) groups excluding carboxylic acids is 2. The molecule has 2 unspecified atom stereocenters. The van der Waals surface area contributed by atoms with E-state index in [1.807, 2.05) is 11.8 Å². The standard InChI is InChI=1S/C27H31FN2O4S/c1-17-21-13-23-24(34-12-11-33-23)14-22(21)27(9-3-4-10-27)16-30(17)26(32)18(2)35-15-25(31)29-20-7-5-19(28)6-8-20/h5-8,13-14,17-18H,3-4,9-12,15-16H2,1-2H3,(H,29,31). The molecule has 2 aromatic carbocycles. The summed E-state index contributed by atoms with van der Waals surface area (Å²) in [6.07, 6.45) is 4.41. The molecule has 0 radical (unpaired) electrons. The number of benzene rings is 2. The number of fused-ring (bicyclic) bond motifs is 3. The average molecular weight is 499 g/mol. The molecule has 186 valence electrons. The third kappa shape index (κ3) is 4.73. The molecule has 2 aromatic rings. The molecule has 0 aromatic heterocycles. The van der Waals surface area contributed by atoms with Gasteiger partial charge in [-0.25, -0.2) is 4.39 Å². The van der Waals surface area contributed by atoms with Gasteiger partial charge in [0.1, 0.15) is 19.0 Å². The Morgan fingerprint density at radius 1 is 1.14 bits per heavy atom. The summed E-state index contributed by atoms with van der Waals surface area (Å²) in [5, 5.41) is 2.39. The molecule has 5 rings (SSSR count). The summed E-state index contributed by atoms with van der Waals surface area (Å²) < 4.78 is 24.8. The van der Waals surface area contributed by atoms with Crippen molar-refractivity contribution in [2.24, 2.45) is 0 Å². The van der Waals surface area contributed by atoms with E-state index in [0.717, 1.165) is 42.7 Å². The first-order valence-electron chi connectivity index (χ1n) is 12.3. The molecule has 1 N–H and O–H groups in total. The molecule has 35 heavy (non-hydrogen) atoms. The van der Waals surface area contributed by atoms with Crippen LogP contribution < -0.4 is 14.8 Å². The Hall–Kier alpha value is -2.74. The first kappa shape index (κ1) is 24.0. The average Bonchev–Trinajstić information content (AvgIpc) is 3.34.